The highest BCUT2D eigenvalue weighted by Crippen LogP contribution is 2.23. The third-order valence-electron chi connectivity index (χ3n) is 5.31. The van der Waals surface area contributed by atoms with Crippen LogP contribution in [0.15, 0.2) is 72.1 Å². The molecule has 0 aliphatic carbocycles. The van der Waals surface area contributed by atoms with Gasteiger partial charge in [-0.05, 0) is 36.4 Å². The van der Waals surface area contributed by atoms with E-state index in [1.54, 1.807) is 36.4 Å². The van der Waals surface area contributed by atoms with Crippen LogP contribution in [0.25, 0.3) is 0 Å². The Bertz CT molecular complexity index is 1040. The van der Waals surface area contributed by atoms with E-state index in [1.807, 2.05) is 40.6 Å². The van der Waals surface area contributed by atoms with Crippen molar-refractivity contribution < 1.29 is 14.4 Å². The van der Waals surface area contributed by atoms with Crippen LogP contribution < -0.4 is 5.32 Å². The average Bonchev–Trinajstić information content (AvgIpc) is 3.34. The highest BCUT2D eigenvalue weighted by atomic mass is 32.1. The first-order valence-corrected chi connectivity index (χ1v) is 10.8. The molecule has 6 heteroatoms. The fourth-order valence-electron chi connectivity index (χ4n) is 3.64. The van der Waals surface area contributed by atoms with Gasteiger partial charge >= 0.3 is 0 Å². The van der Waals surface area contributed by atoms with Gasteiger partial charge in [-0.2, -0.15) is 0 Å². The van der Waals surface area contributed by atoms with Gasteiger partial charge in [0.1, 0.15) is 0 Å². The minimum Gasteiger partial charge on any atom is -0.338 e. The lowest BCUT2D eigenvalue weighted by Crippen LogP contribution is -2.41. The summed E-state index contributed by atoms with van der Waals surface area (Å²) in [5, 5.41) is 4.83. The molecule has 5 nitrogen and oxygen atoms in total. The van der Waals surface area contributed by atoms with Crippen LogP contribution in [0.5, 0.6) is 0 Å². The van der Waals surface area contributed by atoms with Crippen LogP contribution in [-0.2, 0) is 4.79 Å². The summed E-state index contributed by atoms with van der Waals surface area (Å²) in [6, 6.07) is 19.8. The van der Waals surface area contributed by atoms with Crippen LogP contribution >= 0.6 is 11.3 Å². The Morgan fingerprint density at radius 1 is 0.867 bits per heavy atom. The molecule has 2 heterocycles. The molecule has 2 amide bonds. The first kappa shape index (κ1) is 20.0. The largest absolute Gasteiger partial charge is 0.338 e. The van der Waals surface area contributed by atoms with Crippen LogP contribution in [0.2, 0.25) is 0 Å². The van der Waals surface area contributed by atoms with Crippen molar-refractivity contribution in [2.24, 2.45) is 5.92 Å². The number of anilines is 1. The lowest BCUT2D eigenvalue weighted by Gasteiger charge is -2.31. The maximum atomic E-state index is 12.7. The molecule has 3 aromatic rings. The van der Waals surface area contributed by atoms with E-state index < -0.39 is 0 Å². The Balaban J connectivity index is 1.36. The van der Waals surface area contributed by atoms with Crippen LogP contribution in [0.1, 0.15) is 38.4 Å². The molecule has 1 aliphatic heterocycles. The summed E-state index contributed by atoms with van der Waals surface area (Å²) in [5.74, 6) is -0.253. The fourth-order valence-corrected chi connectivity index (χ4v) is 4.33. The molecule has 0 spiro atoms. The Morgan fingerprint density at radius 2 is 1.60 bits per heavy atom. The first-order chi connectivity index (χ1) is 14.6. The van der Waals surface area contributed by atoms with E-state index in [-0.39, 0.29) is 23.5 Å². The molecule has 30 heavy (non-hydrogen) atoms. The van der Waals surface area contributed by atoms with E-state index in [0.29, 0.717) is 42.7 Å². The first-order valence-electron chi connectivity index (χ1n) is 9.95. The Hall–Kier alpha value is -3.25. The van der Waals surface area contributed by atoms with E-state index in [4.69, 9.17) is 0 Å². The van der Waals surface area contributed by atoms with E-state index in [9.17, 15) is 14.4 Å². The van der Waals surface area contributed by atoms with Gasteiger partial charge in [-0.1, -0.05) is 48.5 Å². The smallest absolute Gasteiger partial charge is 0.263 e. The molecule has 1 saturated heterocycles. The lowest BCUT2D eigenvalue weighted by molar-refractivity contribution is -0.121. The number of rotatable bonds is 5. The van der Waals surface area contributed by atoms with Crippen molar-refractivity contribution >= 4 is 34.6 Å². The number of benzene rings is 2. The predicted molar refractivity (Wildman–Crippen MR) is 118 cm³/mol. The predicted octanol–water partition coefficient (Wildman–Crippen LogP) is 4.47. The van der Waals surface area contributed by atoms with Crippen molar-refractivity contribution in [2.45, 2.75) is 12.8 Å². The Labute approximate surface area is 179 Å². The van der Waals surface area contributed by atoms with Crippen molar-refractivity contribution in [2.75, 3.05) is 18.4 Å². The van der Waals surface area contributed by atoms with E-state index in [0.717, 1.165) is 4.88 Å². The minimum absolute atomic E-state index is 0.0379. The maximum absolute atomic E-state index is 12.7. The molecule has 1 fully saturated rings. The number of nitrogens with zero attached hydrogens (tertiary/aromatic N) is 1. The molecular formula is C24H22N2O3S. The standard InChI is InChI=1S/C24H22N2O3S/c27-22(17-6-2-1-3-7-17)19-8-4-9-20(16-19)25-23(28)18-11-13-26(14-12-18)24(29)21-10-5-15-30-21/h1-10,15-16,18H,11-14H2,(H,25,28). The number of ketones is 1. The second kappa shape index (κ2) is 9.05. The molecule has 2 aromatic carbocycles. The van der Waals surface area contributed by atoms with Crippen LogP contribution in [-0.4, -0.2) is 35.6 Å². The van der Waals surface area contributed by atoms with Crippen molar-refractivity contribution in [3.05, 3.63) is 88.1 Å². The molecular weight excluding hydrogens is 396 g/mol. The van der Waals surface area contributed by atoms with Gasteiger partial charge in [-0.3, -0.25) is 14.4 Å². The molecule has 1 N–H and O–H groups in total. The van der Waals surface area contributed by atoms with E-state index >= 15 is 0 Å². The third-order valence-corrected chi connectivity index (χ3v) is 6.17. The number of piperidine rings is 1. The zero-order valence-electron chi connectivity index (χ0n) is 16.4. The van der Waals surface area contributed by atoms with Crippen molar-refractivity contribution in [3.63, 3.8) is 0 Å². The second-order valence-corrected chi connectivity index (χ2v) is 8.26. The van der Waals surface area contributed by atoms with E-state index in [1.165, 1.54) is 11.3 Å². The van der Waals surface area contributed by atoms with Crippen LogP contribution in [0.4, 0.5) is 5.69 Å². The van der Waals surface area contributed by atoms with Gasteiger partial charge in [0.05, 0.1) is 4.88 Å². The molecule has 0 unspecified atom stereocenters. The number of hydrogen-bond acceptors (Lipinski definition) is 4. The summed E-state index contributed by atoms with van der Waals surface area (Å²) in [5.41, 5.74) is 1.76. The molecule has 152 valence electrons. The summed E-state index contributed by atoms with van der Waals surface area (Å²) in [6.45, 7) is 1.14. The van der Waals surface area contributed by atoms with Crippen LogP contribution in [0, 0.1) is 5.92 Å². The summed E-state index contributed by atoms with van der Waals surface area (Å²) in [4.78, 5) is 40.4. The number of nitrogens with one attached hydrogen (secondary N) is 1. The van der Waals surface area contributed by atoms with Gasteiger partial charge in [-0.15, -0.1) is 11.3 Å². The summed E-state index contributed by atoms with van der Waals surface area (Å²) in [6.07, 6.45) is 1.26. The summed E-state index contributed by atoms with van der Waals surface area (Å²) in [7, 11) is 0. The highest BCUT2D eigenvalue weighted by molar-refractivity contribution is 7.12. The number of likely N-dealkylation sites (tertiary alicyclic amines) is 1. The second-order valence-electron chi connectivity index (χ2n) is 7.31. The van der Waals surface area contributed by atoms with Gasteiger partial charge in [0.2, 0.25) is 5.91 Å². The monoisotopic (exact) mass is 418 g/mol. The summed E-state index contributed by atoms with van der Waals surface area (Å²) >= 11 is 1.44. The number of amides is 2. The van der Waals surface area contributed by atoms with Gasteiger partial charge in [-0.25, -0.2) is 0 Å². The van der Waals surface area contributed by atoms with Crippen molar-refractivity contribution in [1.82, 2.24) is 4.90 Å². The lowest BCUT2D eigenvalue weighted by atomic mass is 9.95. The van der Waals surface area contributed by atoms with E-state index in [2.05, 4.69) is 5.32 Å². The maximum Gasteiger partial charge on any atom is 0.263 e. The fraction of sp³-hybridized carbons (Fsp3) is 0.208. The average molecular weight is 419 g/mol. The van der Waals surface area contributed by atoms with Gasteiger partial charge in [0, 0.05) is 35.8 Å². The Kier molecular flexibility index (Phi) is 6.05. The molecule has 0 radical (unpaired) electrons. The number of carbonyl (C=O) groups excluding carboxylic acids is 3. The SMILES string of the molecule is O=C(c1ccccc1)c1cccc(NC(=O)C2CCN(C(=O)c3cccs3)CC2)c1. The number of hydrogen-bond donors (Lipinski definition) is 1. The third kappa shape index (κ3) is 4.49. The Morgan fingerprint density at radius 3 is 2.30 bits per heavy atom. The molecule has 1 aromatic heterocycles. The van der Waals surface area contributed by atoms with Gasteiger partial charge < -0.3 is 10.2 Å². The highest BCUT2D eigenvalue weighted by Gasteiger charge is 2.28. The quantitative estimate of drug-likeness (QED) is 0.622. The molecule has 0 saturated carbocycles. The zero-order valence-corrected chi connectivity index (χ0v) is 17.2. The number of carbonyl (C=O) groups is 3. The minimum atomic E-state index is -0.147. The molecule has 0 atom stereocenters. The summed E-state index contributed by atoms with van der Waals surface area (Å²) < 4.78 is 0. The van der Waals surface area contributed by atoms with Crippen LogP contribution in [0.3, 0.4) is 0 Å². The van der Waals surface area contributed by atoms with Gasteiger partial charge in [0.25, 0.3) is 5.91 Å². The van der Waals surface area contributed by atoms with Crippen molar-refractivity contribution in [1.29, 1.82) is 0 Å². The molecule has 1 aliphatic rings. The van der Waals surface area contributed by atoms with Gasteiger partial charge in [0.15, 0.2) is 5.78 Å². The topological polar surface area (TPSA) is 66.5 Å². The zero-order chi connectivity index (χ0) is 20.9. The normalized spacial score (nSPS) is 14.3. The number of thiophene rings is 1. The van der Waals surface area contributed by atoms with Crippen molar-refractivity contribution in [3.8, 4) is 0 Å². The molecule has 4 rings (SSSR count). The molecule has 0 bridgehead atoms.